The summed E-state index contributed by atoms with van der Waals surface area (Å²) in [7, 11) is -9.95. The number of esters is 1. The van der Waals surface area contributed by atoms with Crippen LogP contribution in [-0.2, 0) is 9.53 Å². The van der Waals surface area contributed by atoms with Crippen LogP contribution in [0.3, 0.4) is 0 Å². The van der Waals surface area contributed by atoms with Crippen LogP contribution in [0.4, 0.5) is 0 Å². The lowest BCUT2D eigenvalue weighted by atomic mass is 10.4. The first-order valence-electron chi connectivity index (χ1n) is 11.2. The highest BCUT2D eigenvalue weighted by Gasteiger charge is 2.89. The van der Waals surface area contributed by atoms with Gasteiger partial charge in [-0.3, -0.25) is 4.79 Å². The van der Waals surface area contributed by atoms with Crippen molar-refractivity contribution >= 4 is 51.5 Å². The predicted octanol–water partition coefficient (Wildman–Crippen LogP) is 6.28. The maximum atomic E-state index is 14.4. The fourth-order valence-corrected chi connectivity index (χ4v) is 153. The second-order valence-electron chi connectivity index (χ2n) is 12.7. The summed E-state index contributed by atoms with van der Waals surface area (Å²) >= 11 is 0. The van der Waals surface area contributed by atoms with Crippen molar-refractivity contribution in [1.29, 1.82) is 0 Å². The lowest BCUT2D eigenvalue weighted by molar-refractivity contribution is -0.142. The van der Waals surface area contributed by atoms with Gasteiger partial charge in [0, 0.05) is 27.1 Å². The normalized spacial score (nSPS) is 35.7. The molecule has 0 aliphatic carbocycles. The maximum absolute atomic E-state index is 14.4. The van der Waals surface area contributed by atoms with Crippen molar-refractivity contribution in [2.75, 3.05) is 6.61 Å². The Morgan fingerprint density at radius 2 is 1.11 bits per heavy atom. The van der Waals surface area contributed by atoms with E-state index in [2.05, 4.69) is 97.6 Å². The first kappa shape index (κ1) is 24.8. The van der Waals surface area contributed by atoms with Crippen LogP contribution in [0, 0.1) is 0 Å². The number of hydrogen-bond donors (Lipinski definition) is 0. The second kappa shape index (κ2) is 6.75. The summed E-state index contributed by atoms with van der Waals surface area (Å²) in [5, 5.41) is 0. The summed E-state index contributed by atoms with van der Waals surface area (Å²) in [4.78, 5) is 15.4. The Labute approximate surface area is 180 Å². The van der Waals surface area contributed by atoms with Crippen molar-refractivity contribution < 1.29 is 9.53 Å². The van der Waals surface area contributed by atoms with E-state index in [4.69, 9.17) is 4.74 Å². The minimum atomic E-state index is -1.79. The zero-order chi connectivity index (χ0) is 22.2. The van der Waals surface area contributed by atoms with Gasteiger partial charge >= 0.3 is 5.97 Å². The van der Waals surface area contributed by atoms with Crippen LogP contribution in [0.2, 0.25) is 87.6 Å². The molecule has 0 amide bonds. The molecule has 0 spiro atoms. The second-order valence-corrected chi connectivity index (χ2v) is 62.8. The van der Waals surface area contributed by atoms with E-state index >= 15 is 0 Å². The SMILES string of the molecule is CC/C=C/COC(=O)C12[Si](C)(C)[Si](C)(C)C([Si](C)(C)[Si]1(C)C)[Si](C)(C)[Si]2(C)C. The first-order valence-corrected chi connectivity index (χ1v) is 32.4. The Morgan fingerprint density at radius 3 is 1.43 bits per heavy atom. The molecule has 2 bridgehead atoms. The minimum absolute atomic E-state index is 0.0109. The highest BCUT2D eigenvalue weighted by molar-refractivity contribution is 7.78. The summed E-state index contributed by atoms with van der Waals surface area (Å²) < 4.78 is 6.22. The molecule has 0 aromatic carbocycles. The zero-order valence-electron chi connectivity index (χ0n) is 21.0. The average Bonchev–Trinajstić information content (AvgIpc) is 2.47. The van der Waals surface area contributed by atoms with Crippen molar-refractivity contribution in [2.45, 2.75) is 101 Å². The van der Waals surface area contributed by atoms with E-state index in [1.807, 2.05) is 0 Å². The van der Waals surface area contributed by atoms with Crippen LogP contribution in [0.5, 0.6) is 0 Å². The average molecular weight is 487 g/mol. The molecule has 162 valence electrons. The van der Waals surface area contributed by atoms with E-state index in [1.165, 1.54) is 0 Å². The Morgan fingerprint density at radius 1 is 0.750 bits per heavy atom. The summed E-state index contributed by atoms with van der Waals surface area (Å²) in [6.45, 7) is 34.7. The molecule has 8 heteroatoms. The molecule has 0 atom stereocenters. The molecule has 0 radical (unpaired) electrons. The van der Waals surface area contributed by atoms with Crippen LogP contribution in [0.15, 0.2) is 12.2 Å². The largest absolute Gasteiger partial charge is 0.462 e. The van der Waals surface area contributed by atoms with E-state index < -0.39 is 45.5 Å². The van der Waals surface area contributed by atoms with Gasteiger partial charge in [0.2, 0.25) is 0 Å². The van der Waals surface area contributed by atoms with Gasteiger partial charge in [0.05, 0.1) is 22.8 Å². The summed E-state index contributed by atoms with van der Waals surface area (Å²) in [5.41, 5.74) is 0. The topological polar surface area (TPSA) is 26.3 Å². The molecule has 3 aliphatic rings. The van der Waals surface area contributed by atoms with Crippen molar-refractivity contribution in [3.05, 3.63) is 12.2 Å². The quantitative estimate of drug-likeness (QED) is 0.265. The lowest BCUT2D eigenvalue weighted by Gasteiger charge is -2.83. The lowest BCUT2D eigenvalue weighted by Crippen LogP contribution is -3.01. The van der Waals surface area contributed by atoms with Gasteiger partial charge in [0.1, 0.15) is 6.61 Å². The molecule has 3 saturated heterocycles. The number of fused-ring (bicyclic) bond motifs is 3. The van der Waals surface area contributed by atoms with Crippen LogP contribution < -0.4 is 0 Å². The van der Waals surface area contributed by atoms with E-state index in [0.717, 1.165) is 11.2 Å². The van der Waals surface area contributed by atoms with Crippen LogP contribution in [0.1, 0.15) is 13.3 Å². The minimum Gasteiger partial charge on any atom is -0.462 e. The Kier molecular flexibility index (Phi) is 5.98. The van der Waals surface area contributed by atoms with Gasteiger partial charge in [-0.15, -0.1) is 0 Å². The molecule has 28 heavy (non-hydrogen) atoms. The number of ether oxygens (including phenoxy) is 1. The van der Waals surface area contributed by atoms with Crippen molar-refractivity contribution in [3.63, 3.8) is 0 Å². The van der Waals surface area contributed by atoms with E-state index in [9.17, 15) is 4.79 Å². The first-order chi connectivity index (χ1) is 12.3. The van der Waals surface area contributed by atoms with Gasteiger partial charge in [-0.1, -0.05) is 102 Å². The number of rotatable bonds is 4. The third-order valence-corrected chi connectivity index (χ3v) is 100.0. The number of hydrogen-bond acceptors (Lipinski definition) is 2. The molecule has 3 heterocycles. The molecule has 0 unspecified atom stereocenters. The molecule has 0 aromatic rings. The maximum Gasteiger partial charge on any atom is 0.303 e. The monoisotopic (exact) mass is 486 g/mol. The highest BCUT2D eigenvalue weighted by atomic mass is 29.4. The molecule has 3 fully saturated rings. The molecule has 3 aliphatic heterocycles. The Bertz CT molecular complexity index is 621. The molecular formula is C20H46O2Si6. The van der Waals surface area contributed by atoms with Crippen LogP contribution >= 0.6 is 0 Å². The van der Waals surface area contributed by atoms with Crippen LogP contribution in [0.25, 0.3) is 0 Å². The van der Waals surface area contributed by atoms with E-state index in [0.29, 0.717) is 6.61 Å². The van der Waals surface area contributed by atoms with E-state index in [-0.39, 0.29) is 10.3 Å². The molecular weight excluding hydrogens is 441 g/mol. The van der Waals surface area contributed by atoms with Gasteiger partial charge in [-0.05, 0) is 6.42 Å². The predicted molar refractivity (Wildman–Crippen MR) is 142 cm³/mol. The standard InChI is InChI=1S/C20H46O2Si6/c1-14-15-16-17-22-18(21)20-26(8,9)23(2,3)19(24(4,5)27(20,10)11)25(6,7)28(20,12)13/h15-16,19H,14,17H2,1-13H3/b16-15+. The van der Waals surface area contributed by atoms with Gasteiger partial charge in [-0.2, -0.15) is 0 Å². The van der Waals surface area contributed by atoms with Crippen molar-refractivity contribution in [2.24, 2.45) is 0 Å². The number of allylic oxidation sites excluding steroid dienone is 1. The third-order valence-electron chi connectivity index (χ3n) is 10.8. The summed E-state index contributed by atoms with van der Waals surface area (Å²) in [6, 6.07) is 0. The number of carbonyl (C=O) groups is 1. The third kappa shape index (κ3) is 2.42. The molecule has 2 nitrogen and oxygen atoms in total. The van der Waals surface area contributed by atoms with Gasteiger partial charge < -0.3 is 4.74 Å². The molecule has 3 rings (SSSR count). The van der Waals surface area contributed by atoms with Gasteiger partial charge in [-0.25, -0.2) is 0 Å². The van der Waals surface area contributed by atoms with E-state index in [1.54, 1.807) is 0 Å². The van der Waals surface area contributed by atoms with Gasteiger partial charge in [0.25, 0.3) is 0 Å². The fourth-order valence-electron chi connectivity index (χ4n) is 8.81. The zero-order valence-corrected chi connectivity index (χ0v) is 27.0. The van der Waals surface area contributed by atoms with Crippen LogP contribution in [-0.4, -0.2) is 58.1 Å². The van der Waals surface area contributed by atoms with Crippen molar-refractivity contribution in [3.8, 4) is 0 Å². The Hall–Kier alpha value is 0.511. The summed E-state index contributed by atoms with van der Waals surface area (Å²) in [6.07, 6.45) is 5.20. The Balaban J connectivity index is 2.87. The van der Waals surface area contributed by atoms with Gasteiger partial charge in [0.15, 0.2) is 0 Å². The fraction of sp³-hybridized carbons (Fsp3) is 0.850. The van der Waals surface area contributed by atoms with Crippen molar-refractivity contribution in [1.82, 2.24) is 0 Å². The smallest absolute Gasteiger partial charge is 0.303 e. The number of carbonyl (C=O) groups excluding carboxylic acids is 1. The molecule has 0 aromatic heterocycles. The summed E-state index contributed by atoms with van der Waals surface area (Å²) in [5.74, 6) is 0.276. The molecule has 0 N–H and O–H groups in total. The highest BCUT2D eigenvalue weighted by Crippen LogP contribution is 2.74. The molecule has 0 saturated carbocycles.